The minimum Gasteiger partial charge on any atom is -0.326 e. The quantitative estimate of drug-likeness (QED) is 0.924. The monoisotopic (exact) mass is 283 g/mol. The molecule has 1 amide bonds. The van der Waals surface area contributed by atoms with Gasteiger partial charge in [-0.3, -0.25) is 4.79 Å². The van der Waals surface area contributed by atoms with Crippen molar-refractivity contribution in [1.29, 1.82) is 0 Å². The third kappa shape index (κ3) is 5.03. The Morgan fingerprint density at radius 1 is 1.16 bits per heavy atom. The Labute approximate surface area is 115 Å². The lowest BCUT2D eigenvalue weighted by atomic mass is 9.92. The van der Waals surface area contributed by atoms with Gasteiger partial charge in [0.15, 0.2) is 9.84 Å². The molecule has 19 heavy (non-hydrogen) atoms. The van der Waals surface area contributed by atoms with Crippen LogP contribution in [0.2, 0.25) is 0 Å². The van der Waals surface area contributed by atoms with E-state index in [1.807, 2.05) is 20.8 Å². The number of amides is 1. The number of benzene rings is 1. The topological polar surface area (TPSA) is 63.2 Å². The Morgan fingerprint density at radius 3 is 2.11 bits per heavy atom. The Hall–Kier alpha value is -1.36. The maximum absolute atomic E-state index is 11.7. The summed E-state index contributed by atoms with van der Waals surface area (Å²) < 4.78 is 23.3. The summed E-state index contributed by atoms with van der Waals surface area (Å²) in [6.45, 7) is 7.57. The number of anilines is 1. The predicted octanol–water partition coefficient (Wildman–Crippen LogP) is 2.85. The molecular formula is C14H21NO3S. The summed E-state index contributed by atoms with van der Waals surface area (Å²) in [5.74, 6) is 0.00141. The SMILES string of the molecule is CCS(=O)(=O)c1ccc(NC(=O)CC(C)(C)C)cc1. The Morgan fingerprint density at radius 2 is 1.68 bits per heavy atom. The minimum atomic E-state index is -3.18. The van der Waals surface area contributed by atoms with E-state index < -0.39 is 9.84 Å². The van der Waals surface area contributed by atoms with Crippen LogP contribution >= 0.6 is 0 Å². The van der Waals surface area contributed by atoms with E-state index >= 15 is 0 Å². The highest BCUT2D eigenvalue weighted by Crippen LogP contribution is 2.20. The first kappa shape index (κ1) is 15.7. The van der Waals surface area contributed by atoms with E-state index in [4.69, 9.17) is 0 Å². The van der Waals surface area contributed by atoms with Gasteiger partial charge >= 0.3 is 0 Å². The molecule has 0 saturated heterocycles. The second-order valence-electron chi connectivity index (χ2n) is 5.71. The fourth-order valence-electron chi connectivity index (χ4n) is 1.60. The van der Waals surface area contributed by atoms with Gasteiger partial charge in [0, 0.05) is 12.1 Å². The molecule has 0 aliphatic heterocycles. The van der Waals surface area contributed by atoms with Gasteiger partial charge in [-0.2, -0.15) is 0 Å². The van der Waals surface area contributed by atoms with Crippen LogP contribution in [0, 0.1) is 5.41 Å². The first-order valence-electron chi connectivity index (χ1n) is 6.27. The number of hydrogen-bond acceptors (Lipinski definition) is 3. The minimum absolute atomic E-state index is 0.0707. The number of hydrogen-bond donors (Lipinski definition) is 1. The molecule has 0 heterocycles. The Balaban J connectivity index is 2.76. The zero-order valence-electron chi connectivity index (χ0n) is 11.9. The number of rotatable bonds is 4. The van der Waals surface area contributed by atoms with E-state index in [-0.39, 0.29) is 22.0 Å². The molecule has 0 radical (unpaired) electrons. The molecule has 4 nitrogen and oxygen atoms in total. The van der Waals surface area contributed by atoms with Crippen molar-refractivity contribution in [3.8, 4) is 0 Å². The molecule has 1 rings (SSSR count). The van der Waals surface area contributed by atoms with Crippen molar-refractivity contribution in [2.45, 2.75) is 39.0 Å². The molecule has 0 fully saturated rings. The van der Waals surface area contributed by atoms with Crippen LogP contribution in [0.15, 0.2) is 29.2 Å². The van der Waals surface area contributed by atoms with Crippen LogP contribution in [0.1, 0.15) is 34.1 Å². The van der Waals surface area contributed by atoms with Gasteiger partial charge in [-0.15, -0.1) is 0 Å². The summed E-state index contributed by atoms with van der Waals surface area (Å²) in [4.78, 5) is 12.0. The fraction of sp³-hybridized carbons (Fsp3) is 0.500. The van der Waals surface area contributed by atoms with Gasteiger partial charge in [0.1, 0.15) is 0 Å². The van der Waals surface area contributed by atoms with Gasteiger partial charge in [-0.05, 0) is 29.7 Å². The van der Waals surface area contributed by atoms with Crippen LogP contribution in [0.4, 0.5) is 5.69 Å². The molecular weight excluding hydrogens is 262 g/mol. The molecule has 0 unspecified atom stereocenters. The molecule has 1 aromatic carbocycles. The smallest absolute Gasteiger partial charge is 0.224 e. The highest BCUT2D eigenvalue weighted by molar-refractivity contribution is 7.91. The van der Waals surface area contributed by atoms with E-state index in [9.17, 15) is 13.2 Å². The molecule has 1 N–H and O–H groups in total. The number of nitrogens with one attached hydrogen (secondary N) is 1. The Kier molecular flexibility index (Phi) is 4.74. The zero-order chi connectivity index (χ0) is 14.7. The molecule has 5 heteroatoms. The summed E-state index contributed by atoms with van der Waals surface area (Å²) >= 11 is 0. The second-order valence-corrected chi connectivity index (χ2v) is 7.99. The van der Waals surface area contributed by atoms with Crippen molar-refractivity contribution in [1.82, 2.24) is 0 Å². The second kappa shape index (κ2) is 5.74. The molecule has 0 saturated carbocycles. The molecule has 0 aliphatic carbocycles. The van der Waals surface area contributed by atoms with E-state index in [2.05, 4.69) is 5.32 Å². The molecule has 0 spiro atoms. The maximum atomic E-state index is 11.7. The number of sulfone groups is 1. The van der Waals surface area contributed by atoms with Gasteiger partial charge in [0.25, 0.3) is 0 Å². The lowest BCUT2D eigenvalue weighted by Gasteiger charge is -2.17. The predicted molar refractivity (Wildman–Crippen MR) is 76.9 cm³/mol. The summed E-state index contributed by atoms with van der Waals surface area (Å²) in [7, 11) is -3.18. The van der Waals surface area contributed by atoms with Crippen LogP contribution in [0.25, 0.3) is 0 Å². The van der Waals surface area contributed by atoms with Crippen LogP contribution < -0.4 is 5.32 Å². The van der Waals surface area contributed by atoms with Gasteiger partial charge in [0.05, 0.1) is 10.6 Å². The van der Waals surface area contributed by atoms with E-state index in [0.717, 1.165) is 0 Å². The maximum Gasteiger partial charge on any atom is 0.224 e. The first-order chi connectivity index (χ1) is 8.64. The molecule has 0 bridgehead atoms. The van der Waals surface area contributed by atoms with Crippen molar-refractivity contribution >= 4 is 21.4 Å². The average molecular weight is 283 g/mol. The summed E-state index contributed by atoms with van der Waals surface area (Å²) in [5.41, 5.74) is 0.541. The van der Waals surface area contributed by atoms with E-state index in [1.165, 1.54) is 12.1 Å². The summed E-state index contributed by atoms with van der Waals surface area (Å²) in [6.07, 6.45) is 0.419. The van der Waals surface area contributed by atoms with Crippen molar-refractivity contribution < 1.29 is 13.2 Å². The van der Waals surface area contributed by atoms with Crippen molar-refractivity contribution in [2.24, 2.45) is 5.41 Å². The van der Waals surface area contributed by atoms with Gasteiger partial charge in [0.2, 0.25) is 5.91 Å². The van der Waals surface area contributed by atoms with Crippen LogP contribution in [-0.2, 0) is 14.6 Å². The third-order valence-electron chi connectivity index (χ3n) is 2.57. The van der Waals surface area contributed by atoms with Crippen LogP contribution in [-0.4, -0.2) is 20.1 Å². The standard InChI is InChI=1S/C14H21NO3S/c1-5-19(17,18)12-8-6-11(7-9-12)15-13(16)10-14(2,3)4/h6-9H,5,10H2,1-4H3,(H,15,16). The average Bonchev–Trinajstić information content (AvgIpc) is 2.27. The Bertz CT molecular complexity index is 539. The number of carbonyl (C=O) groups excluding carboxylic acids is 1. The van der Waals surface area contributed by atoms with Crippen LogP contribution in [0.3, 0.4) is 0 Å². The van der Waals surface area contributed by atoms with E-state index in [1.54, 1.807) is 19.1 Å². The molecule has 0 aromatic heterocycles. The highest BCUT2D eigenvalue weighted by Gasteiger charge is 2.16. The molecule has 0 aliphatic rings. The lowest BCUT2D eigenvalue weighted by molar-refractivity contribution is -0.117. The molecule has 0 atom stereocenters. The largest absolute Gasteiger partial charge is 0.326 e. The first-order valence-corrected chi connectivity index (χ1v) is 7.92. The number of carbonyl (C=O) groups is 1. The lowest BCUT2D eigenvalue weighted by Crippen LogP contribution is -2.19. The van der Waals surface area contributed by atoms with Gasteiger partial charge in [-0.1, -0.05) is 27.7 Å². The van der Waals surface area contributed by atoms with Gasteiger partial charge < -0.3 is 5.32 Å². The van der Waals surface area contributed by atoms with Crippen molar-refractivity contribution in [3.05, 3.63) is 24.3 Å². The third-order valence-corrected chi connectivity index (χ3v) is 4.32. The van der Waals surface area contributed by atoms with Gasteiger partial charge in [-0.25, -0.2) is 8.42 Å². The molecule has 106 valence electrons. The van der Waals surface area contributed by atoms with Crippen molar-refractivity contribution in [3.63, 3.8) is 0 Å². The van der Waals surface area contributed by atoms with Crippen molar-refractivity contribution in [2.75, 3.05) is 11.1 Å². The highest BCUT2D eigenvalue weighted by atomic mass is 32.2. The summed E-state index contributed by atoms with van der Waals surface area (Å²) in [5, 5.41) is 2.76. The van der Waals surface area contributed by atoms with E-state index in [0.29, 0.717) is 12.1 Å². The molecule has 1 aromatic rings. The van der Waals surface area contributed by atoms with Crippen LogP contribution in [0.5, 0.6) is 0 Å². The fourth-order valence-corrected chi connectivity index (χ4v) is 2.48. The summed E-state index contributed by atoms with van der Waals surface area (Å²) in [6, 6.07) is 6.27. The normalized spacial score (nSPS) is 12.2. The zero-order valence-corrected chi connectivity index (χ0v) is 12.7.